The van der Waals surface area contributed by atoms with Crippen molar-refractivity contribution in [3.8, 4) is 5.75 Å². The summed E-state index contributed by atoms with van der Waals surface area (Å²) >= 11 is 0. The van der Waals surface area contributed by atoms with Gasteiger partial charge in [-0.15, -0.1) is 0 Å². The SMILES string of the molecule is CCCc1ccc(C(=O)Oc2c(C(C)C)cc(C(C)C)cc2C(C)C(C)C(=O)OCC)cc1. The van der Waals surface area contributed by atoms with Gasteiger partial charge in [0.2, 0.25) is 0 Å². The molecule has 0 saturated heterocycles. The Kier molecular flexibility index (Phi) is 9.70. The maximum absolute atomic E-state index is 13.1. The van der Waals surface area contributed by atoms with Crippen molar-refractivity contribution in [1.82, 2.24) is 0 Å². The number of aryl methyl sites for hydroxylation is 1. The Morgan fingerprint density at radius 1 is 0.848 bits per heavy atom. The molecule has 4 heteroatoms. The van der Waals surface area contributed by atoms with Gasteiger partial charge in [0.25, 0.3) is 0 Å². The van der Waals surface area contributed by atoms with Crippen LogP contribution in [0.3, 0.4) is 0 Å². The number of ether oxygens (including phenoxy) is 2. The van der Waals surface area contributed by atoms with Crippen LogP contribution in [-0.4, -0.2) is 18.5 Å². The predicted molar refractivity (Wildman–Crippen MR) is 134 cm³/mol. The summed E-state index contributed by atoms with van der Waals surface area (Å²) in [5.74, 6) is -0.123. The van der Waals surface area contributed by atoms with E-state index in [2.05, 4.69) is 46.8 Å². The summed E-state index contributed by atoms with van der Waals surface area (Å²) in [5.41, 5.74) is 4.75. The van der Waals surface area contributed by atoms with Gasteiger partial charge in [-0.05, 0) is 65.5 Å². The van der Waals surface area contributed by atoms with Crippen LogP contribution in [0.2, 0.25) is 0 Å². The fraction of sp³-hybridized carbons (Fsp3) is 0.517. The molecule has 0 saturated carbocycles. The fourth-order valence-electron chi connectivity index (χ4n) is 3.91. The number of benzene rings is 2. The van der Waals surface area contributed by atoms with E-state index in [0.29, 0.717) is 23.8 Å². The Hall–Kier alpha value is -2.62. The molecule has 33 heavy (non-hydrogen) atoms. The summed E-state index contributed by atoms with van der Waals surface area (Å²) in [6, 6.07) is 11.8. The summed E-state index contributed by atoms with van der Waals surface area (Å²) in [7, 11) is 0. The molecule has 0 aromatic heterocycles. The van der Waals surface area contributed by atoms with Crippen LogP contribution in [0.25, 0.3) is 0 Å². The van der Waals surface area contributed by atoms with Crippen LogP contribution in [-0.2, 0) is 16.0 Å². The third-order valence-electron chi connectivity index (χ3n) is 6.28. The molecule has 0 aliphatic carbocycles. The van der Waals surface area contributed by atoms with E-state index < -0.39 is 0 Å². The summed E-state index contributed by atoms with van der Waals surface area (Å²) in [6.07, 6.45) is 2.04. The van der Waals surface area contributed by atoms with E-state index in [9.17, 15) is 9.59 Å². The van der Waals surface area contributed by atoms with Gasteiger partial charge >= 0.3 is 11.9 Å². The Morgan fingerprint density at radius 3 is 1.97 bits per heavy atom. The summed E-state index contributed by atoms with van der Waals surface area (Å²) in [4.78, 5) is 25.6. The van der Waals surface area contributed by atoms with Crippen LogP contribution in [0, 0.1) is 5.92 Å². The van der Waals surface area contributed by atoms with Crippen molar-refractivity contribution < 1.29 is 19.1 Å². The van der Waals surface area contributed by atoms with Crippen molar-refractivity contribution in [3.63, 3.8) is 0 Å². The standard InChI is InChI=1S/C29H40O4/c1-9-11-22-12-14-23(15-13-22)29(31)33-27-25(19(5)6)16-24(18(3)4)17-26(27)20(7)21(8)28(30)32-10-2/h12-21H,9-11H2,1-8H3. The Morgan fingerprint density at radius 2 is 1.45 bits per heavy atom. The molecule has 0 aliphatic heterocycles. The van der Waals surface area contributed by atoms with Crippen LogP contribution >= 0.6 is 0 Å². The van der Waals surface area contributed by atoms with Crippen LogP contribution in [0.4, 0.5) is 0 Å². The highest BCUT2D eigenvalue weighted by molar-refractivity contribution is 5.91. The largest absolute Gasteiger partial charge is 0.466 e. The van der Waals surface area contributed by atoms with Crippen molar-refractivity contribution in [2.45, 2.75) is 86.0 Å². The first-order valence-corrected chi connectivity index (χ1v) is 12.3. The second kappa shape index (κ2) is 12.0. The van der Waals surface area contributed by atoms with Crippen molar-refractivity contribution in [2.75, 3.05) is 6.61 Å². The highest BCUT2D eigenvalue weighted by Crippen LogP contribution is 2.40. The second-order valence-electron chi connectivity index (χ2n) is 9.50. The zero-order chi connectivity index (χ0) is 24.7. The van der Waals surface area contributed by atoms with Gasteiger partial charge in [-0.2, -0.15) is 0 Å². The highest BCUT2D eigenvalue weighted by atomic mass is 16.5. The molecular weight excluding hydrogens is 412 g/mol. The number of esters is 2. The molecule has 0 N–H and O–H groups in total. The molecule has 0 fully saturated rings. The minimum Gasteiger partial charge on any atom is -0.466 e. The average Bonchev–Trinajstić information content (AvgIpc) is 2.78. The van der Waals surface area contributed by atoms with E-state index in [1.54, 1.807) is 0 Å². The van der Waals surface area contributed by atoms with Gasteiger partial charge in [0, 0.05) is 0 Å². The molecule has 4 nitrogen and oxygen atoms in total. The molecule has 0 radical (unpaired) electrons. The van der Waals surface area contributed by atoms with Crippen molar-refractivity contribution >= 4 is 11.9 Å². The van der Waals surface area contributed by atoms with E-state index in [-0.39, 0.29) is 29.7 Å². The average molecular weight is 453 g/mol. The number of rotatable bonds is 10. The molecule has 0 aliphatic rings. The second-order valence-corrected chi connectivity index (χ2v) is 9.50. The quantitative estimate of drug-likeness (QED) is 0.278. The van der Waals surface area contributed by atoms with Gasteiger partial charge < -0.3 is 9.47 Å². The summed E-state index contributed by atoms with van der Waals surface area (Å²) in [6.45, 7) is 16.6. The van der Waals surface area contributed by atoms with Gasteiger partial charge in [0.05, 0.1) is 18.1 Å². The molecule has 180 valence electrons. The Labute approximate surface area is 199 Å². The van der Waals surface area contributed by atoms with Crippen LogP contribution < -0.4 is 4.74 Å². The topological polar surface area (TPSA) is 52.6 Å². The first-order chi connectivity index (χ1) is 15.6. The maximum Gasteiger partial charge on any atom is 0.343 e. The van der Waals surface area contributed by atoms with E-state index in [0.717, 1.165) is 24.0 Å². The van der Waals surface area contributed by atoms with Gasteiger partial charge in [-0.1, -0.05) is 79.2 Å². The third-order valence-corrected chi connectivity index (χ3v) is 6.28. The van der Waals surface area contributed by atoms with E-state index in [1.165, 1.54) is 11.1 Å². The van der Waals surface area contributed by atoms with Crippen molar-refractivity contribution in [1.29, 1.82) is 0 Å². The number of carbonyl (C=O) groups excluding carboxylic acids is 2. The van der Waals surface area contributed by atoms with Crippen LogP contribution in [0.5, 0.6) is 5.75 Å². The molecule has 2 atom stereocenters. The normalized spacial score (nSPS) is 13.2. The van der Waals surface area contributed by atoms with Gasteiger partial charge in [0.15, 0.2) is 0 Å². The fourth-order valence-corrected chi connectivity index (χ4v) is 3.91. The first-order valence-electron chi connectivity index (χ1n) is 12.3. The Bertz CT molecular complexity index is 941. The molecule has 0 spiro atoms. The molecule has 2 aromatic carbocycles. The zero-order valence-electron chi connectivity index (χ0n) is 21.5. The lowest BCUT2D eigenvalue weighted by atomic mass is 9.83. The van der Waals surface area contributed by atoms with Gasteiger partial charge in [-0.3, -0.25) is 4.79 Å². The molecule has 0 amide bonds. The number of hydrogen-bond acceptors (Lipinski definition) is 4. The molecule has 0 bridgehead atoms. The predicted octanol–water partition coefficient (Wildman–Crippen LogP) is 7.41. The zero-order valence-corrected chi connectivity index (χ0v) is 21.5. The van der Waals surface area contributed by atoms with E-state index in [4.69, 9.17) is 9.47 Å². The van der Waals surface area contributed by atoms with E-state index in [1.807, 2.05) is 45.0 Å². The number of carbonyl (C=O) groups is 2. The molecule has 2 aromatic rings. The molecule has 2 rings (SSSR count). The van der Waals surface area contributed by atoms with Crippen LogP contribution in [0.1, 0.15) is 112 Å². The third kappa shape index (κ3) is 6.69. The Balaban J connectivity index is 2.53. The summed E-state index contributed by atoms with van der Waals surface area (Å²) in [5, 5.41) is 0. The van der Waals surface area contributed by atoms with Gasteiger partial charge in [0.1, 0.15) is 5.75 Å². The minimum atomic E-state index is -0.380. The lowest BCUT2D eigenvalue weighted by molar-refractivity contribution is -0.148. The minimum absolute atomic E-state index is 0.155. The lowest BCUT2D eigenvalue weighted by Gasteiger charge is -2.26. The lowest BCUT2D eigenvalue weighted by Crippen LogP contribution is -2.22. The monoisotopic (exact) mass is 452 g/mol. The number of hydrogen-bond donors (Lipinski definition) is 0. The summed E-state index contributed by atoms with van der Waals surface area (Å²) < 4.78 is 11.4. The highest BCUT2D eigenvalue weighted by Gasteiger charge is 2.29. The van der Waals surface area contributed by atoms with Crippen molar-refractivity contribution in [2.24, 2.45) is 5.92 Å². The first kappa shape index (κ1) is 26.6. The van der Waals surface area contributed by atoms with Crippen molar-refractivity contribution in [3.05, 3.63) is 64.2 Å². The maximum atomic E-state index is 13.1. The van der Waals surface area contributed by atoms with Crippen LogP contribution in [0.15, 0.2) is 36.4 Å². The molecule has 0 heterocycles. The van der Waals surface area contributed by atoms with Gasteiger partial charge in [-0.25, -0.2) is 4.79 Å². The van der Waals surface area contributed by atoms with E-state index >= 15 is 0 Å². The smallest absolute Gasteiger partial charge is 0.343 e. The molecular formula is C29H40O4. The molecule has 2 unspecified atom stereocenters.